The van der Waals surface area contributed by atoms with Crippen LogP contribution in [0.15, 0.2) is 24.3 Å². The minimum atomic E-state index is 0. The number of rotatable bonds is 1. The van der Waals surface area contributed by atoms with E-state index in [4.69, 9.17) is 0 Å². The topological polar surface area (TPSA) is 35.1 Å². The fourth-order valence-corrected chi connectivity index (χ4v) is 1.90. The van der Waals surface area contributed by atoms with Crippen LogP contribution in [0.5, 0.6) is 5.75 Å². The van der Waals surface area contributed by atoms with Crippen LogP contribution in [0.25, 0.3) is 0 Å². The summed E-state index contributed by atoms with van der Waals surface area (Å²) in [5.74, 6) is 0.763. The van der Waals surface area contributed by atoms with E-state index in [-0.39, 0.29) is 57.1 Å². The molecule has 0 bridgehead atoms. The Hall–Kier alpha value is 0.616. The van der Waals surface area contributed by atoms with Crippen LogP contribution in [0.1, 0.15) is 24.3 Å². The fourth-order valence-electron chi connectivity index (χ4n) is 1.90. The summed E-state index contributed by atoms with van der Waals surface area (Å²) >= 11 is 0. The van der Waals surface area contributed by atoms with Gasteiger partial charge in [-0.15, -0.1) is 5.75 Å². The largest absolute Gasteiger partial charge is 1.00 e. The third-order valence-corrected chi connectivity index (χ3v) is 2.69. The number of nitrogens with one attached hydrogen (secondary N) is 1. The molecule has 1 N–H and O–H groups in total. The quantitative estimate of drug-likeness (QED) is 0.563. The van der Waals surface area contributed by atoms with E-state index in [9.17, 15) is 5.11 Å². The Morgan fingerprint density at radius 3 is 2.21 bits per heavy atom. The van der Waals surface area contributed by atoms with Gasteiger partial charge < -0.3 is 10.4 Å². The van der Waals surface area contributed by atoms with Crippen LogP contribution in [0.4, 0.5) is 0 Å². The van der Waals surface area contributed by atoms with Crippen LogP contribution in [-0.4, -0.2) is 13.1 Å². The Labute approximate surface area is 128 Å². The zero-order chi connectivity index (χ0) is 9.10. The third kappa shape index (κ3) is 3.33. The van der Waals surface area contributed by atoms with Gasteiger partial charge in [-0.2, -0.15) is 0 Å². The van der Waals surface area contributed by atoms with Crippen molar-refractivity contribution in [2.75, 3.05) is 13.1 Å². The third-order valence-electron chi connectivity index (χ3n) is 2.69. The van der Waals surface area contributed by atoms with Crippen molar-refractivity contribution < 1.29 is 56.5 Å². The number of hydrogen-bond donors (Lipinski definition) is 1. The summed E-state index contributed by atoms with van der Waals surface area (Å²) in [4.78, 5) is 0. The Bertz CT molecular complexity index is 267. The molecule has 70 valence electrons. The maximum atomic E-state index is 10.9. The second kappa shape index (κ2) is 6.25. The molecule has 14 heavy (non-hydrogen) atoms. The Morgan fingerprint density at radius 2 is 1.64 bits per heavy atom. The molecule has 3 heteroatoms. The normalized spacial score (nSPS) is 17.4. The van der Waals surface area contributed by atoms with Gasteiger partial charge in [0.05, 0.1) is 0 Å². The zero-order valence-electron chi connectivity index (χ0n) is 8.62. The maximum absolute atomic E-state index is 10.9. The van der Waals surface area contributed by atoms with Crippen molar-refractivity contribution in [1.82, 2.24) is 5.32 Å². The second-order valence-corrected chi connectivity index (χ2v) is 3.59. The van der Waals surface area contributed by atoms with Crippen LogP contribution in [0.3, 0.4) is 0 Å². The van der Waals surface area contributed by atoms with Crippen LogP contribution in [0.2, 0.25) is 0 Å². The first-order valence-electron chi connectivity index (χ1n) is 4.84. The predicted molar refractivity (Wildman–Crippen MR) is 50.7 cm³/mol. The van der Waals surface area contributed by atoms with Gasteiger partial charge in [-0.25, -0.2) is 0 Å². The molecule has 1 aliphatic rings. The van der Waals surface area contributed by atoms with Gasteiger partial charge in [0, 0.05) is 0 Å². The zero-order valence-corrected chi connectivity index (χ0v) is 11.7. The fraction of sp³-hybridized carbons (Fsp3) is 0.455. The van der Waals surface area contributed by atoms with Gasteiger partial charge in [0.15, 0.2) is 0 Å². The van der Waals surface area contributed by atoms with Gasteiger partial charge in [-0.1, -0.05) is 24.3 Å². The van der Waals surface area contributed by atoms with Gasteiger partial charge in [0.2, 0.25) is 0 Å². The average molecular weight is 215 g/mol. The van der Waals surface area contributed by atoms with Crippen molar-refractivity contribution in [2.24, 2.45) is 0 Å². The van der Waals surface area contributed by atoms with Gasteiger partial charge in [0.1, 0.15) is 0 Å². The molecule has 0 aromatic heterocycles. The Balaban J connectivity index is 0.000000980. The van der Waals surface area contributed by atoms with Crippen molar-refractivity contribution in [1.29, 1.82) is 0 Å². The van der Waals surface area contributed by atoms with E-state index in [2.05, 4.69) is 5.32 Å². The van der Waals surface area contributed by atoms with Crippen molar-refractivity contribution in [3.63, 3.8) is 0 Å². The second-order valence-electron chi connectivity index (χ2n) is 3.59. The van der Waals surface area contributed by atoms with Crippen molar-refractivity contribution >= 4 is 0 Å². The summed E-state index contributed by atoms with van der Waals surface area (Å²) in [6, 6.07) is 7.27. The van der Waals surface area contributed by atoms with E-state index < -0.39 is 0 Å². The molecule has 0 amide bonds. The standard InChI is InChI=1S/C11H15NO.K/c13-11-3-1-9(2-4-11)10-5-7-12-8-6-10;/h1-4,10,12-13H,5-8H2;/q;+1/p-1. The van der Waals surface area contributed by atoms with Crippen LogP contribution in [0, 0.1) is 0 Å². The van der Waals surface area contributed by atoms with Gasteiger partial charge in [0.25, 0.3) is 0 Å². The van der Waals surface area contributed by atoms with E-state index in [0.29, 0.717) is 5.92 Å². The summed E-state index contributed by atoms with van der Waals surface area (Å²) in [6.07, 6.45) is 2.39. The first-order chi connectivity index (χ1) is 6.36. The summed E-state index contributed by atoms with van der Waals surface area (Å²) in [6.45, 7) is 2.20. The van der Waals surface area contributed by atoms with Gasteiger partial charge in [-0.3, -0.25) is 0 Å². The molecule has 1 saturated heterocycles. The van der Waals surface area contributed by atoms with Gasteiger partial charge >= 0.3 is 51.4 Å². The van der Waals surface area contributed by atoms with Crippen LogP contribution >= 0.6 is 0 Å². The van der Waals surface area contributed by atoms with E-state index in [1.807, 2.05) is 12.1 Å². The molecule has 1 fully saturated rings. The molecule has 0 aliphatic carbocycles. The van der Waals surface area contributed by atoms with E-state index in [1.165, 1.54) is 18.4 Å². The summed E-state index contributed by atoms with van der Waals surface area (Å²) in [5.41, 5.74) is 1.32. The summed E-state index contributed by atoms with van der Waals surface area (Å²) < 4.78 is 0. The molecule has 0 saturated carbocycles. The van der Waals surface area contributed by atoms with E-state index in [0.717, 1.165) is 13.1 Å². The van der Waals surface area contributed by atoms with Crippen molar-refractivity contribution in [3.05, 3.63) is 29.8 Å². The van der Waals surface area contributed by atoms with Crippen molar-refractivity contribution in [3.8, 4) is 5.75 Å². The Morgan fingerprint density at radius 1 is 1.07 bits per heavy atom. The molecule has 0 radical (unpaired) electrons. The number of piperidine rings is 1. The Kier molecular flexibility index (Phi) is 5.67. The molecule has 0 unspecified atom stereocenters. The molecule has 1 aliphatic heterocycles. The van der Waals surface area contributed by atoms with Gasteiger partial charge in [-0.05, 0) is 37.4 Å². The van der Waals surface area contributed by atoms with E-state index in [1.54, 1.807) is 12.1 Å². The first kappa shape index (κ1) is 12.7. The smallest absolute Gasteiger partial charge is 0.872 e. The average Bonchev–Trinajstić information content (AvgIpc) is 2.20. The SMILES string of the molecule is [K+].[O-]c1ccc(C2CCNCC2)cc1. The monoisotopic (exact) mass is 215 g/mol. The molecule has 1 heterocycles. The molecular weight excluding hydrogens is 201 g/mol. The molecular formula is C11H14KNO. The predicted octanol–water partition coefficient (Wildman–Crippen LogP) is -1.77. The minimum Gasteiger partial charge on any atom is -0.872 e. The molecule has 0 spiro atoms. The number of hydrogen-bond acceptors (Lipinski definition) is 2. The summed E-state index contributed by atoms with van der Waals surface area (Å²) in [7, 11) is 0. The maximum Gasteiger partial charge on any atom is 1.00 e. The summed E-state index contributed by atoms with van der Waals surface area (Å²) in [5, 5.41) is 14.2. The van der Waals surface area contributed by atoms with Crippen molar-refractivity contribution in [2.45, 2.75) is 18.8 Å². The molecule has 2 rings (SSSR count). The minimum absolute atomic E-state index is 0. The molecule has 0 atom stereocenters. The van der Waals surface area contributed by atoms with Crippen LogP contribution in [-0.2, 0) is 0 Å². The number of benzene rings is 1. The molecule has 2 nitrogen and oxygen atoms in total. The van der Waals surface area contributed by atoms with Crippen LogP contribution < -0.4 is 61.8 Å². The molecule has 1 aromatic carbocycles. The van der Waals surface area contributed by atoms with E-state index >= 15 is 0 Å². The first-order valence-corrected chi connectivity index (χ1v) is 4.84. The molecule has 1 aromatic rings.